The van der Waals surface area contributed by atoms with Gasteiger partial charge in [0, 0.05) is 19.5 Å². The maximum Gasteiger partial charge on any atom is 0.222 e. The Labute approximate surface area is 118 Å². The van der Waals surface area contributed by atoms with E-state index in [1.807, 2.05) is 11.9 Å². The number of hydrogen-bond donors (Lipinski definition) is 1. The Hall–Kier alpha value is -0.280. The Balaban J connectivity index is 0.00000289. The third-order valence-corrected chi connectivity index (χ3v) is 4.21. The molecule has 1 rings (SSSR count). The molecule has 1 aliphatic rings. The van der Waals surface area contributed by atoms with Gasteiger partial charge in [-0.15, -0.1) is 12.4 Å². The average molecular weight is 277 g/mol. The zero-order valence-corrected chi connectivity index (χ0v) is 13.3. The van der Waals surface area contributed by atoms with E-state index in [2.05, 4.69) is 33.0 Å². The quantitative estimate of drug-likeness (QED) is 0.860. The van der Waals surface area contributed by atoms with E-state index in [-0.39, 0.29) is 17.8 Å². The number of carbonyl (C=O) groups is 1. The Morgan fingerprint density at radius 1 is 1.33 bits per heavy atom. The lowest BCUT2D eigenvalue weighted by Gasteiger charge is -2.34. The Kier molecular flexibility index (Phi) is 7.23. The van der Waals surface area contributed by atoms with Crippen molar-refractivity contribution in [1.29, 1.82) is 0 Å². The molecular formula is C14H29ClN2O. The number of piperidine rings is 1. The van der Waals surface area contributed by atoms with E-state index < -0.39 is 0 Å². The van der Waals surface area contributed by atoms with Gasteiger partial charge in [-0.05, 0) is 37.3 Å². The topological polar surface area (TPSA) is 32.3 Å². The van der Waals surface area contributed by atoms with Crippen LogP contribution in [0.1, 0.15) is 47.0 Å². The van der Waals surface area contributed by atoms with Crippen molar-refractivity contribution in [3.63, 3.8) is 0 Å². The molecule has 0 aromatic rings. The minimum Gasteiger partial charge on any atom is -0.343 e. The summed E-state index contributed by atoms with van der Waals surface area (Å²) in [5, 5.41) is 3.34. The van der Waals surface area contributed by atoms with Crippen molar-refractivity contribution >= 4 is 18.3 Å². The third kappa shape index (κ3) is 5.15. The Morgan fingerprint density at radius 2 is 1.83 bits per heavy atom. The van der Waals surface area contributed by atoms with Crippen LogP contribution in [0.4, 0.5) is 0 Å². The molecule has 18 heavy (non-hydrogen) atoms. The number of halogens is 1. The summed E-state index contributed by atoms with van der Waals surface area (Å²) in [6.07, 6.45) is 2.85. The first kappa shape index (κ1) is 17.7. The van der Waals surface area contributed by atoms with E-state index in [0.29, 0.717) is 24.3 Å². The monoisotopic (exact) mass is 276 g/mol. The highest BCUT2D eigenvalue weighted by molar-refractivity contribution is 5.85. The van der Waals surface area contributed by atoms with Gasteiger partial charge >= 0.3 is 0 Å². The molecule has 0 spiro atoms. The summed E-state index contributed by atoms with van der Waals surface area (Å²) in [6, 6.07) is 0.441. The lowest BCUT2D eigenvalue weighted by atomic mass is 9.80. The van der Waals surface area contributed by atoms with Crippen LogP contribution in [0.3, 0.4) is 0 Å². The second-order valence-corrected chi connectivity index (χ2v) is 6.46. The van der Waals surface area contributed by atoms with Gasteiger partial charge in [0.1, 0.15) is 0 Å². The zero-order chi connectivity index (χ0) is 13.1. The Bertz CT molecular complexity index is 257. The molecule has 0 aliphatic carbocycles. The predicted octanol–water partition coefficient (Wildman–Crippen LogP) is 2.69. The van der Waals surface area contributed by atoms with Gasteiger partial charge in [0.25, 0.3) is 0 Å². The molecule has 1 amide bonds. The van der Waals surface area contributed by atoms with Gasteiger partial charge in [-0.1, -0.05) is 27.7 Å². The number of hydrogen-bond acceptors (Lipinski definition) is 2. The molecule has 4 heteroatoms. The highest BCUT2D eigenvalue weighted by Gasteiger charge is 2.27. The molecule has 108 valence electrons. The van der Waals surface area contributed by atoms with Crippen molar-refractivity contribution < 1.29 is 4.79 Å². The molecule has 1 unspecified atom stereocenters. The van der Waals surface area contributed by atoms with Crippen LogP contribution in [0.5, 0.6) is 0 Å². The van der Waals surface area contributed by atoms with Crippen molar-refractivity contribution in [3.05, 3.63) is 0 Å². The van der Waals surface area contributed by atoms with Gasteiger partial charge in [0.15, 0.2) is 0 Å². The number of carbonyl (C=O) groups excluding carboxylic acids is 1. The molecule has 0 radical (unpaired) electrons. The molecule has 1 heterocycles. The second kappa shape index (κ2) is 7.34. The summed E-state index contributed by atoms with van der Waals surface area (Å²) >= 11 is 0. The van der Waals surface area contributed by atoms with Gasteiger partial charge in [-0.25, -0.2) is 0 Å². The average Bonchev–Trinajstić information content (AvgIpc) is 2.27. The minimum absolute atomic E-state index is 0. The highest BCUT2D eigenvalue weighted by Crippen LogP contribution is 2.28. The standard InChI is InChI=1S/C14H28N2O.ClH/c1-11(14(2,3)4)10-13(17)16(5)12-6-8-15-9-7-12;/h11-12,15H,6-10H2,1-5H3;1H. The Morgan fingerprint density at radius 3 is 2.28 bits per heavy atom. The van der Waals surface area contributed by atoms with Gasteiger partial charge in [0.05, 0.1) is 0 Å². The fraction of sp³-hybridized carbons (Fsp3) is 0.929. The smallest absolute Gasteiger partial charge is 0.222 e. The molecule has 0 bridgehead atoms. The van der Waals surface area contributed by atoms with E-state index in [0.717, 1.165) is 25.9 Å². The first-order valence-corrected chi connectivity index (χ1v) is 6.78. The van der Waals surface area contributed by atoms with Gasteiger partial charge in [0.2, 0.25) is 5.91 Å². The van der Waals surface area contributed by atoms with Crippen LogP contribution in [0.25, 0.3) is 0 Å². The molecule has 0 aromatic heterocycles. The summed E-state index contributed by atoms with van der Waals surface area (Å²) in [6.45, 7) is 10.9. The van der Waals surface area contributed by atoms with Gasteiger partial charge in [-0.3, -0.25) is 4.79 Å². The summed E-state index contributed by atoms with van der Waals surface area (Å²) in [5.41, 5.74) is 0.213. The maximum absolute atomic E-state index is 12.2. The molecule has 3 nitrogen and oxygen atoms in total. The van der Waals surface area contributed by atoms with Crippen LogP contribution < -0.4 is 5.32 Å². The molecule has 1 atom stereocenters. The van der Waals surface area contributed by atoms with Crippen LogP contribution in [0, 0.1) is 11.3 Å². The molecule has 1 N–H and O–H groups in total. The first-order chi connectivity index (χ1) is 7.82. The molecule has 0 saturated carbocycles. The molecular weight excluding hydrogens is 248 g/mol. The maximum atomic E-state index is 12.2. The second-order valence-electron chi connectivity index (χ2n) is 6.46. The lowest BCUT2D eigenvalue weighted by molar-refractivity contribution is -0.134. The zero-order valence-electron chi connectivity index (χ0n) is 12.5. The molecule has 1 aliphatic heterocycles. The summed E-state index contributed by atoms with van der Waals surface area (Å²) in [7, 11) is 1.97. The normalized spacial score (nSPS) is 18.9. The number of nitrogens with zero attached hydrogens (tertiary/aromatic N) is 1. The summed E-state index contributed by atoms with van der Waals surface area (Å²) < 4.78 is 0. The van der Waals surface area contributed by atoms with Gasteiger partial charge in [-0.2, -0.15) is 0 Å². The molecule has 1 fully saturated rings. The van der Waals surface area contributed by atoms with E-state index >= 15 is 0 Å². The van der Waals surface area contributed by atoms with Crippen molar-refractivity contribution in [2.45, 2.75) is 53.0 Å². The van der Waals surface area contributed by atoms with Crippen LogP contribution >= 0.6 is 12.4 Å². The van der Waals surface area contributed by atoms with E-state index in [1.54, 1.807) is 0 Å². The third-order valence-electron chi connectivity index (χ3n) is 4.21. The first-order valence-electron chi connectivity index (χ1n) is 6.78. The van der Waals surface area contributed by atoms with E-state index in [4.69, 9.17) is 0 Å². The number of nitrogens with one attached hydrogen (secondary N) is 1. The van der Waals surface area contributed by atoms with Gasteiger partial charge < -0.3 is 10.2 Å². The lowest BCUT2D eigenvalue weighted by Crippen LogP contribution is -2.44. The summed E-state index contributed by atoms with van der Waals surface area (Å²) in [5.74, 6) is 0.735. The molecule has 0 aromatic carbocycles. The van der Waals surface area contributed by atoms with Crippen LogP contribution in [-0.4, -0.2) is 37.0 Å². The van der Waals surface area contributed by atoms with Crippen LogP contribution in [-0.2, 0) is 4.79 Å². The highest BCUT2D eigenvalue weighted by atomic mass is 35.5. The van der Waals surface area contributed by atoms with Crippen molar-refractivity contribution in [1.82, 2.24) is 10.2 Å². The summed E-state index contributed by atoms with van der Waals surface area (Å²) in [4.78, 5) is 14.2. The van der Waals surface area contributed by atoms with E-state index in [9.17, 15) is 4.79 Å². The largest absolute Gasteiger partial charge is 0.343 e. The van der Waals surface area contributed by atoms with Crippen molar-refractivity contribution in [3.8, 4) is 0 Å². The minimum atomic E-state index is 0. The number of rotatable bonds is 3. The van der Waals surface area contributed by atoms with E-state index in [1.165, 1.54) is 0 Å². The SMILES string of the molecule is CC(CC(=O)N(C)C1CCNCC1)C(C)(C)C.Cl. The van der Waals surface area contributed by atoms with Crippen LogP contribution in [0.2, 0.25) is 0 Å². The van der Waals surface area contributed by atoms with Crippen molar-refractivity contribution in [2.24, 2.45) is 11.3 Å². The fourth-order valence-electron chi connectivity index (χ4n) is 2.11. The molecule has 1 saturated heterocycles. The van der Waals surface area contributed by atoms with Crippen LogP contribution in [0.15, 0.2) is 0 Å². The predicted molar refractivity (Wildman–Crippen MR) is 79.1 cm³/mol. The fourth-order valence-corrected chi connectivity index (χ4v) is 2.11. The van der Waals surface area contributed by atoms with Crippen molar-refractivity contribution in [2.75, 3.05) is 20.1 Å². The number of amides is 1.